The second kappa shape index (κ2) is 5.98. The third-order valence-corrected chi connectivity index (χ3v) is 4.47. The van der Waals surface area contributed by atoms with Crippen molar-refractivity contribution in [2.75, 3.05) is 6.54 Å². The van der Waals surface area contributed by atoms with Crippen molar-refractivity contribution in [1.82, 2.24) is 15.5 Å². The summed E-state index contributed by atoms with van der Waals surface area (Å²) in [4.78, 5) is 0. The number of nitrogens with one attached hydrogen (secondary N) is 1. The summed E-state index contributed by atoms with van der Waals surface area (Å²) in [5.74, 6) is 1.31. The number of hydrogen-bond acceptors (Lipinski definition) is 4. The molecule has 1 aliphatic rings. The van der Waals surface area contributed by atoms with E-state index in [0.29, 0.717) is 23.2 Å². The van der Waals surface area contributed by atoms with Crippen LogP contribution in [0.4, 0.5) is 0 Å². The van der Waals surface area contributed by atoms with Gasteiger partial charge < -0.3 is 9.73 Å². The van der Waals surface area contributed by atoms with Gasteiger partial charge in [-0.05, 0) is 30.4 Å². The van der Waals surface area contributed by atoms with Crippen LogP contribution < -0.4 is 5.32 Å². The number of aromatic nitrogens is 2. The molecule has 112 valence electrons. The van der Waals surface area contributed by atoms with Crippen molar-refractivity contribution in [3.63, 3.8) is 0 Å². The molecule has 1 fully saturated rings. The lowest BCUT2D eigenvalue weighted by atomic mass is 9.87. The van der Waals surface area contributed by atoms with Gasteiger partial charge in [0.2, 0.25) is 11.8 Å². The summed E-state index contributed by atoms with van der Waals surface area (Å²) in [5, 5.41) is 11.9. The van der Waals surface area contributed by atoms with Crippen LogP contribution in [0.3, 0.4) is 0 Å². The van der Waals surface area contributed by atoms with E-state index >= 15 is 0 Å². The van der Waals surface area contributed by atoms with Gasteiger partial charge in [0.15, 0.2) is 0 Å². The predicted octanol–water partition coefficient (Wildman–Crippen LogP) is 3.45. The molecule has 0 amide bonds. The molecule has 0 bridgehead atoms. The lowest BCUT2D eigenvalue weighted by molar-refractivity contribution is 0.283. The highest BCUT2D eigenvalue weighted by atomic mass is 16.4. The van der Waals surface area contributed by atoms with Crippen molar-refractivity contribution >= 4 is 0 Å². The Balaban J connectivity index is 1.54. The SMILES string of the molecule is CC1(C)CCC[C@@H]1NCCc1nnc(-c2ccccc2)o1. The quantitative estimate of drug-likeness (QED) is 0.914. The number of rotatable bonds is 5. The zero-order valence-electron chi connectivity index (χ0n) is 12.8. The molecule has 0 spiro atoms. The van der Waals surface area contributed by atoms with Crippen LogP contribution in [0.15, 0.2) is 34.7 Å². The summed E-state index contributed by atoms with van der Waals surface area (Å²) in [6.45, 7) is 5.58. The Morgan fingerprint density at radius 2 is 2.05 bits per heavy atom. The average molecular weight is 285 g/mol. The van der Waals surface area contributed by atoms with Gasteiger partial charge in [-0.15, -0.1) is 10.2 Å². The normalized spacial score (nSPS) is 20.8. The molecular weight excluding hydrogens is 262 g/mol. The fourth-order valence-electron chi connectivity index (χ4n) is 3.11. The van der Waals surface area contributed by atoms with Gasteiger partial charge in [-0.25, -0.2) is 0 Å². The summed E-state index contributed by atoms with van der Waals surface area (Å²) >= 11 is 0. The van der Waals surface area contributed by atoms with Crippen molar-refractivity contribution in [2.24, 2.45) is 5.41 Å². The zero-order valence-corrected chi connectivity index (χ0v) is 12.8. The highest BCUT2D eigenvalue weighted by molar-refractivity contribution is 5.51. The standard InChI is InChI=1S/C17H23N3O/c1-17(2)11-6-9-14(17)18-12-10-15-19-20-16(21-15)13-7-4-3-5-8-13/h3-5,7-8,14,18H,6,9-12H2,1-2H3/t14-/m0/s1. The average Bonchev–Trinajstić information content (AvgIpc) is 3.07. The third-order valence-electron chi connectivity index (χ3n) is 4.47. The van der Waals surface area contributed by atoms with Crippen LogP contribution in [0, 0.1) is 5.41 Å². The van der Waals surface area contributed by atoms with Crippen LogP contribution in [0.25, 0.3) is 11.5 Å². The third kappa shape index (κ3) is 3.32. The van der Waals surface area contributed by atoms with Crippen molar-refractivity contribution in [3.8, 4) is 11.5 Å². The van der Waals surface area contributed by atoms with Crippen molar-refractivity contribution in [3.05, 3.63) is 36.2 Å². The molecule has 0 aliphatic heterocycles. The van der Waals surface area contributed by atoms with E-state index in [1.807, 2.05) is 30.3 Å². The van der Waals surface area contributed by atoms with Crippen LogP contribution in [-0.2, 0) is 6.42 Å². The van der Waals surface area contributed by atoms with E-state index in [9.17, 15) is 0 Å². The molecule has 1 saturated carbocycles. The summed E-state index contributed by atoms with van der Waals surface area (Å²) in [5.41, 5.74) is 1.38. The first-order valence-electron chi connectivity index (χ1n) is 7.76. The predicted molar refractivity (Wildman–Crippen MR) is 82.9 cm³/mol. The van der Waals surface area contributed by atoms with E-state index in [2.05, 4.69) is 29.4 Å². The molecule has 4 nitrogen and oxygen atoms in total. The largest absolute Gasteiger partial charge is 0.421 e. The molecule has 1 N–H and O–H groups in total. The molecule has 0 unspecified atom stereocenters. The fraction of sp³-hybridized carbons (Fsp3) is 0.529. The topological polar surface area (TPSA) is 51.0 Å². The maximum Gasteiger partial charge on any atom is 0.247 e. The van der Waals surface area contributed by atoms with Crippen molar-refractivity contribution in [1.29, 1.82) is 0 Å². The van der Waals surface area contributed by atoms with Gasteiger partial charge in [-0.2, -0.15) is 0 Å². The second-order valence-corrected chi connectivity index (χ2v) is 6.50. The molecule has 3 rings (SSSR count). The molecule has 0 radical (unpaired) electrons. The van der Waals surface area contributed by atoms with Gasteiger partial charge in [0.1, 0.15) is 0 Å². The molecule has 1 aliphatic carbocycles. The highest BCUT2D eigenvalue weighted by Crippen LogP contribution is 2.37. The van der Waals surface area contributed by atoms with Gasteiger partial charge in [0.05, 0.1) is 0 Å². The lowest BCUT2D eigenvalue weighted by Gasteiger charge is -2.27. The Kier molecular flexibility index (Phi) is 4.06. The smallest absolute Gasteiger partial charge is 0.247 e. The van der Waals surface area contributed by atoms with Crippen LogP contribution in [-0.4, -0.2) is 22.8 Å². The van der Waals surface area contributed by atoms with E-state index in [-0.39, 0.29) is 0 Å². The summed E-state index contributed by atoms with van der Waals surface area (Å²) in [6.07, 6.45) is 4.69. The zero-order chi connectivity index (χ0) is 14.7. The lowest BCUT2D eigenvalue weighted by Crippen LogP contribution is -2.38. The molecule has 1 aromatic heterocycles. The van der Waals surface area contributed by atoms with E-state index in [1.165, 1.54) is 19.3 Å². The molecule has 2 aromatic rings. The molecule has 21 heavy (non-hydrogen) atoms. The minimum atomic E-state index is 0.407. The molecule has 1 aromatic carbocycles. The number of benzene rings is 1. The van der Waals surface area contributed by atoms with E-state index < -0.39 is 0 Å². The fourth-order valence-corrected chi connectivity index (χ4v) is 3.11. The van der Waals surface area contributed by atoms with Gasteiger partial charge in [-0.1, -0.05) is 38.5 Å². The van der Waals surface area contributed by atoms with Crippen molar-refractivity contribution < 1.29 is 4.42 Å². The second-order valence-electron chi connectivity index (χ2n) is 6.50. The molecule has 0 saturated heterocycles. The van der Waals surface area contributed by atoms with Gasteiger partial charge in [-0.3, -0.25) is 0 Å². The summed E-state index contributed by atoms with van der Waals surface area (Å²) < 4.78 is 5.72. The van der Waals surface area contributed by atoms with Crippen LogP contribution in [0.5, 0.6) is 0 Å². The Hall–Kier alpha value is -1.68. The molecular formula is C17H23N3O. The molecule has 1 heterocycles. The molecule has 1 atom stereocenters. The summed E-state index contributed by atoms with van der Waals surface area (Å²) in [7, 11) is 0. The van der Waals surface area contributed by atoms with Crippen molar-refractivity contribution in [2.45, 2.75) is 45.6 Å². The Labute approximate surface area is 126 Å². The monoisotopic (exact) mass is 285 g/mol. The Morgan fingerprint density at radius 3 is 2.76 bits per heavy atom. The summed E-state index contributed by atoms with van der Waals surface area (Å²) in [6, 6.07) is 10.5. The van der Waals surface area contributed by atoms with Gasteiger partial charge in [0, 0.05) is 24.6 Å². The number of hydrogen-bond donors (Lipinski definition) is 1. The maximum atomic E-state index is 5.72. The molecule has 4 heteroatoms. The first kappa shape index (κ1) is 14.3. The first-order valence-corrected chi connectivity index (χ1v) is 7.76. The minimum absolute atomic E-state index is 0.407. The van der Waals surface area contributed by atoms with Crippen LogP contribution >= 0.6 is 0 Å². The Bertz CT molecular complexity index is 577. The van der Waals surface area contributed by atoms with Crippen LogP contribution in [0.1, 0.15) is 39.0 Å². The van der Waals surface area contributed by atoms with E-state index in [4.69, 9.17) is 4.42 Å². The van der Waals surface area contributed by atoms with Gasteiger partial charge >= 0.3 is 0 Å². The maximum absolute atomic E-state index is 5.72. The van der Waals surface area contributed by atoms with E-state index in [1.54, 1.807) is 0 Å². The Morgan fingerprint density at radius 1 is 1.24 bits per heavy atom. The minimum Gasteiger partial charge on any atom is -0.421 e. The number of nitrogens with zero attached hydrogens (tertiary/aromatic N) is 2. The van der Waals surface area contributed by atoms with Crippen LogP contribution in [0.2, 0.25) is 0 Å². The van der Waals surface area contributed by atoms with Gasteiger partial charge in [0.25, 0.3) is 0 Å². The first-order chi connectivity index (χ1) is 10.1. The highest BCUT2D eigenvalue weighted by Gasteiger charge is 2.33. The van der Waals surface area contributed by atoms with E-state index in [0.717, 1.165) is 18.5 Å².